The summed E-state index contributed by atoms with van der Waals surface area (Å²) in [6.45, 7) is 3.00. The first kappa shape index (κ1) is 13.5. The highest BCUT2D eigenvalue weighted by Crippen LogP contribution is 2.28. The van der Waals surface area contributed by atoms with Gasteiger partial charge in [-0.05, 0) is 36.1 Å². The van der Waals surface area contributed by atoms with Crippen molar-refractivity contribution in [2.75, 3.05) is 17.2 Å². The molecule has 0 aromatic heterocycles. The van der Waals surface area contributed by atoms with E-state index >= 15 is 0 Å². The second-order valence-corrected chi connectivity index (χ2v) is 5.34. The normalized spacial score (nSPS) is 16.6. The Morgan fingerprint density at radius 1 is 1.33 bits per heavy atom. The zero-order valence-corrected chi connectivity index (χ0v) is 11.8. The second-order valence-electron chi connectivity index (χ2n) is 4.97. The highest BCUT2D eigenvalue weighted by Gasteiger charge is 2.25. The topological polar surface area (TPSA) is 20.3 Å². The number of aryl methyl sites for hydroxylation is 1. The molecule has 0 saturated carbocycles. The lowest BCUT2D eigenvalue weighted by atomic mass is 9.98. The van der Waals surface area contributed by atoms with E-state index in [0.29, 0.717) is 12.3 Å². The minimum absolute atomic E-state index is 0.261. The van der Waals surface area contributed by atoms with Gasteiger partial charge in [-0.25, -0.2) is 0 Å². The number of hydrogen-bond donors (Lipinski definition) is 1. The Morgan fingerprint density at radius 2 is 2.11 bits per heavy atom. The van der Waals surface area contributed by atoms with Crippen LogP contribution in [0.25, 0.3) is 0 Å². The average molecular weight is 263 g/mol. The summed E-state index contributed by atoms with van der Waals surface area (Å²) in [4.78, 5) is 14.1. The number of fused-ring (bicyclic) bond motifs is 1. The Kier molecular flexibility index (Phi) is 4.70. The molecule has 18 heavy (non-hydrogen) atoms. The molecule has 1 aliphatic rings. The Balaban J connectivity index is 2.18. The van der Waals surface area contributed by atoms with Gasteiger partial charge in [0.2, 0.25) is 5.91 Å². The number of carbonyl (C=O) groups is 1. The molecule has 0 radical (unpaired) electrons. The number of nitrogens with zero attached hydrogens (tertiary/aromatic N) is 1. The summed E-state index contributed by atoms with van der Waals surface area (Å²) >= 11 is 4.41. The molecule has 0 bridgehead atoms. The summed E-state index contributed by atoms with van der Waals surface area (Å²) in [5, 5.41) is 0. The molecular weight excluding hydrogens is 242 g/mol. The summed E-state index contributed by atoms with van der Waals surface area (Å²) in [6.07, 6.45) is 3.80. The third-order valence-electron chi connectivity index (χ3n) is 3.59. The van der Waals surface area contributed by atoms with Gasteiger partial charge in [-0.15, -0.1) is 0 Å². The summed E-state index contributed by atoms with van der Waals surface area (Å²) < 4.78 is 0. The van der Waals surface area contributed by atoms with Crippen LogP contribution in [-0.4, -0.2) is 18.2 Å². The minimum atomic E-state index is 0.261. The van der Waals surface area contributed by atoms with Crippen molar-refractivity contribution in [2.45, 2.75) is 32.6 Å². The van der Waals surface area contributed by atoms with Crippen LogP contribution in [-0.2, 0) is 11.2 Å². The van der Waals surface area contributed by atoms with E-state index in [-0.39, 0.29) is 5.91 Å². The van der Waals surface area contributed by atoms with Gasteiger partial charge in [0, 0.05) is 18.7 Å². The third kappa shape index (κ3) is 2.89. The molecule has 2 rings (SSSR count). The zero-order chi connectivity index (χ0) is 13.0. The van der Waals surface area contributed by atoms with Crippen LogP contribution in [0.5, 0.6) is 0 Å². The summed E-state index contributed by atoms with van der Waals surface area (Å²) in [6, 6.07) is 8.26. The number of anilines is 1. The van der Waals surface area contributed by atoms with Crippen LogP contribution in [0.1, 0.15) is 31.7 Å². The first-order valence-corrected chi connectivity index (χ1v) is 7.38. The van der Waals surface area contributed by atoms with Crippen LogP contribution < -0.4 is 4.90 Å². The van der Waals surface area contributed by atoms with E-state index in [2.05, 4.69) is 37.8 Å². The summed E-state index contributed by atoms with van der Waals surface area (Å²) in [5.74, 6) is 1.60. The van der Waals surface area contributed by atoms with E-state index in [4.69, 9.17) is 0 Å². The first-order valence-electron chi connectivity index (χ1n) is 6.75. The van der Waals surface area contributed by atoms with Crippen LogP contribution in [0.2, 0.25) is 0 Å². The molecule has 1 amide bonds. The van der Waals surface area contributed by atoms with Crippen molar-refractivity contribution in [2.24, 2.45) is 5.92 Å². The van der Waals surface area contributed by atoms with Gasteiger partial charge in [0.25, 0.3) is 0 Å². The zero-order valence-electron chi connectivity index (χ0n) is 10.9. The molecule has 1 atom stereocenters. The molecule has 0 spiro atoms. The molecule has 1 unspecified atom stereocenters. The summed E-state index contributed by atoms with van der Waals surface area (Å²) in [5.41, 5.74) is 2.41. The second kappa shape index (κ2) is 6.28. The van der Waals surface area contributed by atoms with Crippen molar-refractivity contribution >= 4 is 24.2 Å². The van der Waals surface area contributed by atoms with E-state index in [1.807, 2.05) is 11.0 Å². The van der Waals surface area contributed by atoms with E-state index in [1.165, 1.54) is 5.56 Å². The predicted octanol–water partition coefficient (Wildman–Crippen LogP) is 3.31. The lowest BCUT2D eigenvalue weighted by Gasteiger charge is -2.32. The maximum atomic E-state index is 12.1. The highest BCUT2D eigenvalue weighted by atomic mass is 32.1. The van der Waals surface area contributed by atoms with Crippen LogP contribution in [0, 0.1) is 5.92 Å². The predicted molar refractivity (Wildman–Crippen MR) is 79.4 cm³/mol. The highest BCUT2D eigenvalue weighted by molar-refractivity contribution is 7.80. The van der Waals surface area contributed by atoms with E-state index in [9.17, 15) is 4.79 Å². The van der Waals surface area contributed by atoms with Gasteiger partial charge in [0.15, 0.2) is 0 Å². The van der Waals surface area contributed by atoms with Crippen molar-refractivity contribution < 1.29 is 4.79 Å². The van der Waals surface area contributed by atoms with Crippen LogP contribution in [0.4, 0.5) is 5.69 Å². The van der Waals surface area contributed by atoms with E-state index in [0.717, 1.165) is 37.2 Å². The maximum absolute atomic E-state index is 12.1. The Morgan fingerprint density at radius 3 is 2.83 bits per heavy atom. The third-order valence-corrected chi connectivity index (χ3v) is 4.10. The van der Waals surface area contributed by atoms with Gasteiger partial charge >= 0.3 is 0 Å². The molecule has 0 aliphatic carbocycles. The van der Waals surface area contributed by atoms with E-state index in [1.54, 1.807) is 0 Å². The lowest BCUT2D eigenvalue weighted by Crippen LogP contribution is -2.39. The number of carbonyl (C=O) groups excluding carboxylic acids is 1. The molecule has 0 fully saturated rings. The summed E-state index contributed by atoms with van der Waals surface area (Å²) in [7, 11) is 0. The number of amides is 1. The lowest BCUT2D eigenvalue weighted by molar-refractivity contribution is -0.119. The van der Waals surface area contributed by atoms with Gasteiger partial charge in [-0.2, -0.15) is 12.6 Å². The maximum Gasteiger partial charge on any atom is 0.227 e. The van der Waals surface area contributed by atoms with Crippen LogP contribution >= 0.6 is 12.6 Å². The molecule has 0 saturated heterocycles. The standard InChI is InChI=1S/C15H21NOS/c1-2-5-12(11-18)10-16-14-7-4-3-6-13(14)8-9-15(16)17/h3-4,6-7,12,18H,2,5,8-11H2,1H3. The number of benzene rings is 1. The molecule has 0 N–H and O–H groups in total. The van der Waals surface area contributed by atoms with Gasteiger partial charge in [-0.3, -0.25) is 4.79 Å². The van der Waals surface area contributed by atoms with Gasteiger partial charge < -0.3 is 4.90 Å². The van der Waals surface area contributed by atoms with Gasteiger partial charge in [0.05, 0.1) is 0 Å². The molecule has 2 nitrogen and oxygen atoms in total. The number of hydrogen-bond acceptors (Lipinski definition) is 2. The first-order chi connectivity index (χ1) is 8.76. The van der Waals surface area contributed by atoms with Crippen molar-refractivity contribution in [1.29, 1.82) is 0 Å². The number of thiol groups is 1. The fraction of sp³-hybridized carbons (Fsp3) is 0.533. The molecule has 1 aromatic carbocycles. The van der Waals surface area contributed by atoms with Gasteiger partial charge in [0.1, 0.15) is 0 Å². The SMILES string of the molecule is CCCC(CS)CN1C(=O)CCc2ccccc21. The van der Waals surface area contributed by atoms with Crippen molar-refractivity contribution in [3.8, 4) is 0 Å². The fourth-order valence-electron chi connectivity index (χ4n) is 2.60. The van der Waals surface area contributed by atoms with Crippen molar-refractivity contribution in [1.82, 2.24) is 0 Å². The Labute approximate surface area is 115 Å². The number of para-hydroxylation sites is 1. The van der Waals surface area contributed by atoms with Gasteiger partial charge in [-0.1, -0.05) is 31.5 Å². The van der Waals surface area contributed by atoms with Crippen molar-refractivity contribution in [3.05, 3.63) is 29.8 Å². The molecule has 1 aliphatic heterocycles. The fourth-order valence-corrected chi connectivity index (χ4v) is 2.90. The minimum Gasteiger partial charge on any atom is -0.312 e. The Hall–Kier alpha value is -0.960. The largest absolute Gasteiger partial charge is 0.312 e. The van der Waals surface area contributed by atoms with E-state index < -0.39 is 0 Å². The Bertz CT molecular complexity index is 419. The van der Waals surface area contributed by atoms with Crippen LogP contribution in [0.3, 0.4) is 0 Å². The smallest absolute Gasteiger partial charge is 0.227 e. The quantitative estimate of drug-likeness (QED) is 0.808. The number of rotatable bonds is 5. The molecule has 1 aromatic rings. The molecule has 1 heterocycles. The molecular formula is C15H21NOS. The van der Waals surface area contributed by atoms with Crippen LogP contribution in [0.15, 0.2) is 24.3 Å². The molecule has 98 valence electrons. The monoisotopic (exact) mass is 263 g/mol. The molecule has 3 heteroatoms. The van der Waals surface area contributed by atoms with Crippen molar-refractivity contribution in [3.63, 3.8) is 0 Å². The average Bonchev–Trinajstić information content (AvgIpc) is 2.41.